The third-order valence-electron chi connectivity index (χ3n) is 6.76. The Morgan fingerprint density at radius 2 is 1.92 bits per heavy atom. The van der Waals surface area contributed by atoms with E-state index in [1.165, 1.54) is 20.4 Å². The zero-order valence-corrected chi connectivity index (χ0v) is 22.0. The predicted octanol–water partition coefficient (Wildman–Crippen LogP) is 3.50. The van der Waals surface area contributed by atoms with E-state index < -0.39 is 28.8 Å². The molecule has 3 aromatic rings. The van der Waals surface area contributed by atoms with Crippen LogP contribution in [0.4, 0.5) is 10.1 Å². The molecule has 2 N–H and O–H groups in total. The predicted molar refractivity (Wildman–Crippen MR) is 142 cm³/mol. The highest BCUT2D eigenvalue weighted by Crippen LogP contribution is 2.32. The van der Waals surface area contributed by atoms with Crippen LogP contribution >= 0.6 is 11.6 Å². The number of pyridine rings is 1. The second kappa shape index (κ2) is 12.1. The first-order valence-corrected chi connectivity index (χ1v) is 12.6. The molecule has 0 radical (unpaired) electrons. The van der Waals surface area contributed by atoms with Crippen molar-refractivity contribution in [2.24, 2.45) is 0 Å². The van der Waals surface area contributed by atoms with Crippen LogP contribution in [0, 0.1) is 5.82 Å². The molecular formula is C27H30ClFN2O7. The Kier molecular flexibility index (Phi) is 8.88. The van der Waals surface area contributed by atoms with Crippen LogP contribution < -0.4 is 15.1 Å². The van der Waals surface area contributed by atoms with Gasteiger partial charge in [0.15, 0.2) is 0 Å². The number of hydrogen-bond donors (Lipinski definition) is 2. The summed E-state index contributed by atoms with van der Waals surface area (Å²) in [6.07, 6.45) is 1.54. The minimum Gasteiger partial charge on any atom is -0.497 e. The van der Waals surface area contributed by atoms with Crippen LogP contribution in [0.25, 0.3) is 10.9 Å². The minimum absolute atomic E-state index is 0.0440. The van der Waals surface area contributed by atoms with Crippen molar-refractivity contribution in [2.45, 2.75) is 18.9 Å². The smallest absolute Gasteiger partial charge is 0.341 e. The molecule has 1 aliphatic rings. The molecule has 204 valence electrons. The summed E-state index contributed by atoms with van der Waals surface area (Å²) in [6, 6.07) is 5.87. The fourth-order valence-electron chi connectivity index (χ4n) is 4.78. The van der Waals surface area contributed by atoms with Gasteiger partial charge in [0.25, 0.3) is 0 Å². The summed E-state index contributed by atoms with van der Waals surface area (Å²) in [6.45, 7) is 2.31. The van der Waals surface area contributed by atoms with Crippen LogP contribution in [0.3, 0.4) is 0 Å². The first-order chi connectivity index (χ1) is 18.3. The molecule has 0 aliphatic carbocycles. The van der Waals surface area contributed by atoms with Crippen molar-refractivity contribution < 1.29 is 33.6 Å². The van der Waals surface area contributed by atoms with Crippen molar-refractivity contribution in [3.63, 3.8) is 0 Å². The third-order valence-corrected chi connectivity index (χ3v) is 7.04. The summed E-state index contributed by atoms with van der Waals surface area (Å²) in [5, 5.41) is 20.0. The van der Waals surface area contributed by atoms with Gasteiger partial charge in [0, 0.05) is 51.2 Å². The van der Waals surface area contributed by atoms with Crippen LogP contribution in [-0.4, -0.2) is 74.5 Å². The number of carbonyl (C=O) groups is 1. The van der Waals surface area contributed by atoms with E-state index in [1.807, 2.05) is 4.90 Å². The molecule has 1 atom stereocenters. The molecule has 0 unspecified atom stereocenters. The van der Waals surface area contributed by atoms with Gasteiger partial charge in [-0.1, -0.05) is 11.6 Å². The van der Waals surface area contributed by atoms with Gasteiger partial charge in [-0.2, -0.15) is 0 Å². The van der Waals surface area contributed by atoms with Crippen LogP contribution in [0.5, 0.6) is 5.75 Å². The number of morpholine rings is 1. The van der Waals surface area contributed by atoms with Crippen molar-refractivity contribution in [2.75, 3.05) is 58.6 Å². The summed E-state index contributed by atoms with van der Waals surface area (Å²) < 4.78 is 32.9. The number of aromatic carboxylic acids is 1. The molecule has 1 aliphatic heterocycles. The van der Waals surface area contributed by atoms with E-state index in [2.05, 4.69) is 0 Å². The highest BCUT2D eigenvalue weighted by molar-refractivity contribution is 6.31. The number of halogens is 2. The number of rotatable bonds is 10. The fraction of sp³-hybridized carbons (Fsp3) is 0.407. The van der Waals surface area contributed by atoms with Gasteiger partial charge in [-0.3, -0.25) is 4.79 Å². The minimum atomic E-state index is -1.40. The van der Waals surface area contributed by atoms with Gasteiger partial charge in [0.05, 0.1) is 48.9 Å². The molecule has 9 nitrogen and oxygen atoms in total. The highest BCUT2D eigenvalue weighted by atomic mass is 35.5. The van der Waals surface area contributed by atoms with Gasteiger partial charge < -0.3 is 33.9 Å². The number of methoxy groups -OCH3 is 2. The molecule has 2 heterocycles. The van der Waals surface area contributed by atoms with Gasteiger partial charge in [-0.25, -0.2) is 9.18 Å². The summed E-state index contributed by atoms with van der Waals surface area (Å²) in [5.74, 6) is -1.63. The molecular weight excluding hydrogens is 519 g/mol. The van der Waals surface area contributed by atoms with E-state index in [0.717, 1.165) is 5.69 Å². The fourth-order valence-corrected chi connectivity index (χ4v) is 5.01. The number of anilines is 1. The maximum Gasteiger partial charge on any atom is 0.341 e. The number of carboxylic acids is 1. The number of ether oxygens (including phenoxy) is 3. The molecule has 38 heavy (non-hydrogen) atoms. The monoisotopic (exact) mass is 548 g/mol. The van der Waals surface area contributed by atoms with Gasteiger partial charge in [0.2, 0.25) is 5.43 Å². The van der Waals surface area contributed by atoms with Gasteiger partial charge in [0.1, 0.15) is 17.1 Å². The Morgan fingerprint density at radius 3 is 2.55 bits per heavy atom. The summed E-state index contributed by atoms with van der Waals surface area (Å²) in [4.78, 5) is 27.5. The number of carboxylic acid groups (broad SMARTS) is 1. The SMILES string of the molecule is COCC[C@@H](CO)n1cc(C(=O)O)c(=O)c2c(Cc3cc(N4CCOCC4)cc(Cl)c3F)cc(OC)cc21. The van der Waals surface area contributed by atoms with Crippen molar-refractivity contribution in [1.82, 2.24) is 4.57 Å². The molecule has 4 rings (SSSR count). The number of nitrogens with zero attached hydrogens (tertiary/aromatic N) is 2. The maximum absolute atomic E-state index is 15.3. The quantitative estimate of drug-likeness (QED) is 0.396. The van der Waals surface area contributed by atoms with E-state index in [1.54, 1.807) is 28.8 Å². The average molecular weight is 549 g/mol. The Labute approximate surface area is 223 Å². The van der Waals surface area contributed by atoms with Crippen molar-refractivity contribution in [3.05, 3.63) is 68.2 Å². The normalized spacial score (nSPS) is 14.6. The highest BCUT2D eigenvalue weighted by Gasteiger charge is 2.23. The molecule has 1 saturated heterocycles. The standard InChI is InChI=1S/C27H30ClFN2O7/c1-36-6-3-18(15-32)31-14-21(27(34)35)26(33)24-16(11-20(37-2)13-23(24)31)9-17-10-19(12-22(28)25(17)29)30-4-7-38-8-5-30/h10-14,18,32H,3-9,15H2,1-2H3,(H,34,35)/t18-/m0/s1. The topological polar surface area (TPSA) is 110 Å². The lowest BCUT2D eigenvalue weighted by molar-refractivity contribution is 0.0694. The molecule has 0 bridgehead atoms. The second-order valence-corrected chi connectivity index (χ2v) is 9.47. The van der Waals surface area contributed by atoms with Crippen LogP contribution in [0.15, 0.2) is 35.3 Å². The third kappa shape index (κ3) is 5.63. The van der Waals surface area contributed by atoms with Gasteiger partial charge in [-0.15, -0.1) is 0 Å². The molecule has 0 spiro atoms. The molecule has 11 heteroatoms. The summed E-state index contributed by atoms with van der Waals surface area (Å²) in [5.41, 5.74) is 0.545. The van der Waals surface area contributed by atoms with Crippen LogP contribution in [0.1, 0.15) is 33.9 Å². The lowest BCUT2D eigenvalue weighted by Gasteiger charge is -2.29. The Bertz CT molecular complexity index is 1390. The van der Waals surface area contributed by atoms with Crippen molar-refractivity contribution >= 4 is 34.2 Å². The van der Waals surface area contributed by atoms with Crippen LogP contribution in [0.2, 0.25) is 5.02 Å². The summed E-state index contributed by atoms with van der Waals surface area (Å²) in [7, 11) is 2.98. The Morgan fingerprint density at radius 1 is 1.18 bits per heavy atom. The van der Waals surface area contributed by atoms with Crippen molar-refractivity contribution in [1.29, 1.82) is 0 Å². The molecule has 0 saturated carbocycles. The second-order valence-electron chi connectivity index (χ2n) is 9.06. The van der Waals surface area contributed by atoms with Gasteiger partial charge in [-0.05, 0) is 35.7 Å². The van der Waals surface area contributed by atoms with E-state index in [4.69, 9.17) is 25.8 Å². The number of hydrogen-bond acceptors (Lipinski definition) is 7. The lowest BCUT2D eigenvalue weighted by Crippen LogP contribution is -2.36. The Hall–Kier alpha value is -3.18. The van der Waals surface area contributed by atoms with E-state index in [9.17, 15) is 19.8 Å². The Balaban J connectivity index is 1.93. The number of aliphatic hydroxyl groups is 1. The van der Waals surface area contributed by atoms with Crippen molar-refractivity contribution in [3.8, 4) is 5.75 Å². The van der Waals surface area contributed by atoms with E-state index >= 15 is 4.39 Å². The van der Waals surface area contributed by atoms with E-state index in [0.29, 0.717) is 56.2 Å². The number of aliphatic hydroxyl groups excluding tert-OH is 1. The molecule has 1 fully saturated rings. The lowest BCUT2D eigenvalue weighted by atomic mass is 9.97. The molecule has 1 aromatic heterocycles. The maximum atomic E-state index is 15.3. The molecule has 2 aromatic carbocycles. The number of fused-ring (bicyclic) bond motifs is 1. The first-order valence-electron chi connectivity index (χ1n) is 12.2. The number of aromatic nitrogens is 1. The van der Waals surface area contributed by atoms with Gasteiger partial charge >= 0.3 is 5.97 Å². The zero-order chi connectivity index (χ0) is 27.4. The van der Waals surface area contributed by atoms with Crippen LogP contribution in [-0.2, 0) is 15.9 Å². The van der Waals surface area contributed by atoms with E-state index in [-0.39, 0.29) is 29.0 Å². The zero-order valence-electron chi connectivity index (χ0n) is 21.2. The summed E-state index contributed by atoms with van der Waals surface area (Å²) >= 11 is 6.27. The number of benzene rings is 2. The first kappa shape index (κ1) is 27.8. The average Bonchev–Trinajstić information content (AvgIpc) is 2.92. The molecule has 0 amide bonds. The largest absolute Gasteiger partial charge is 0.497 e.